The molecular formula is C25H40N2O6. The SMILES string of the molecule is C=CCN(C(=O)[C@H]1N(CCCCCO)C(=O)[C@@H]2[C@@H](C(=O)OCC)[C@H]3CC[C@]21O3)C(C)CCC. The zero-order chi connectivity index (χ0) is 24.2. The molecular weight excluding hydrogens is 424 g/mol. The van der Waals surface area contributed by atoms with E-state index in [-0.39, 0.29) is 37.2 Å². The second kappa shape index (κ2) is 11.0. The normalized spacial score (nSPS) is 30.9. The Morgan fingerprint density at radius 2 is 2.12 bits per heavy atom. The van der Waals surface area contributed by atoms with Crippen molar-refractivity contribution in [3.8, 4) is 0 Å². The Labute approximate surface area is 197 Å². The van der Waals surface area contributed by atoms with E-state index in [0.717, 1.165) is 19.3 Å². The molecule has 33 heavy (non-hydrogen) atoms. The maximum atomic E-state index is 14.1. The minimum Gasteiger partial charge on any atom is -0.466 e. The summed E-state index contributed by atoms with van der Waals surface area (Å²) < 4.78 is 11.7. The summed E-state index contributed by atoms with van der Waals surface area (Å²) in [6.07, 6.45) is 6.43. The summed E-state index contributed by atoms with van der Waals surface area (Å²) in [6.45, 7) is 10.8. The molecule has 0 aromatic heterocycles. The number of unbranched alkanes of at least 4 members (excludes halogenated alkanes) is 2. The fourth-order valence-electron chi connectivity index (χ4n) is 6.11. The third kappa shape index (κ3) is 4.56. The molecule has 8 nitrogen and oxygen atoms in total. The van der Waals surface area contributed by atoms with Gasteiger partial charge in [0.2, 0.25) is 11.8 Å². The van der Waals surface area contributed by atoms with Gasteiger partial charge in [0.1, 0.15) is 11.6 Å². The van der Waals surface area contributed by atoms with Crippen LogP contribution in [0.3, 0.4) is 0 Å². The van der Waals surface area contributed by atoms with Crippen LogP contribution in [0.2, 0.25) is 0 Å². The average Bonchev–Trinajstić information content (AvgIpc) is 3.42. The lowest BCUT2D eigenvalue weighted by Crippen LogP contribution is -2.57. The molecule has 3 heterocycles. The number of nitrogens with zero attached hydrogens (tertiary/aromatic N) is 2. The highest BCUT2D eigenvalue weighted by molar-refractivity contribution is 5.98. The third-order valence-corrected chi connectivity index (χ3v) is 7.50. The first-order chi connectivity index (χ1) is 15.9. The maximum Gasteiger partial charge on any atom is 0.312 e. The van der Waals surface area contributed by atoms with Crippen LogP contribution in [0.5, 0.6) is 0 Å². The second-order valence-electron chi connectivity index (χ2n) is 9.54. The van der Waals surface area contributed by atoms with Crippen molar-refractivity contribution >= 4 is 17.8 Å². The Balaban J connectivity index is 1.97. The average molecular weight is 465 g/mol. The summed E-state index contributed by atoms with van der Waals surface area (Å²) in [7, 11) is 0. The van der Waals surface area contributed by atoms with Crippen LogP contribution in [0.1, 0.15) is 65.7 Å². The first-order valence-electron chi connectivity index (χ1n) is 12.5. The van der Waals surface area contributed by atoms with Crippen molar-refractivity contribution in [1.29, 1.82) is 0 Å². The highest BCUT2D eigenvalue weighted by atomic mass is 16.6. The van der Waals surface area contributed by atoms with Gasteiger partial charge in [0.05, 0.1) is 24.5 Å². The van der Waals surface area contributed by atoms with Crippen molar-refractivity contribution in [3.05, 3.63) is 12.7 Å². The molecule has 186 valence electrons. The molecule has 6 atom stereocenters. The van der Waals surface area contributed by atoms with E-state index in [1.54, 1.807) is 22.8 Å². The van der Waals surface area contributed by atoms with Crippen LogP contribution < -0.4 is 0 Å². The molecule has 0 aliphatic carbocycles. The molecule has 3 rings (SSSR count). The molecule has 0 aromatic rings. The van der Waals surface area contributed by atoms with Crippen molar-refractivity contribution in [3.63, 3.8) is 0 Å². The van der Waals surface area contributed by atoms with Gasteiger partial charge in [-0.05, 0) is 52.4 Å². The van der Waals surface area contributed by atoms with Crippen molar-refractivity contribution in [2.45, 2.75) is 89.5 Å². The second-order valence-corrected chi connectivity index (χ2v) is 9.54. The number of ether oxygens (including phenoxy) is 2. The van der Waals surface area contributed by atoms with Gasteiger partial charge >= 0.3 is 5.97 Å². The molecule has 2 amide bonds. The van der Waals surface area contributed by atoms with Gasteiger partial charge in [-0.3, -0.25) is 14.4 Å². The number of carbonyl (C=O) groups is 3. The van der Waals surface area contributed by atoms with Gasteiger partial charge in [0, 0.05) is 25.7 Å². The van der Waals surface area contributed by atoms with Crippen LogP contribution in [-0.2, 0) is 23.9 Å². The zero-order valence-electron chi connectivity index (χ0n) is 20.3. The molecule has 3 fully saturated rings. The van der Waals surface area contributed by atoms with Crippen LogP contribution in [0.4, 0.5) is 0 Å². The summed E-state index contributed by atoms with van der Waals surface area (Å²) in [6, 6.07) is -0.755. The number of carbonyl (C=O) groups excluding carboxylic acids is 3. The number of rotatable bonds is 13. The fraction of sp³-hybridized carbons (Fsp3) is 0.800. The summed E-state index contributed by atoms with van der Waals surface area (Å²) in [5.74, 6) is -2.06. The number of aliphatic hydroxyl groups excluding tert-OH is 1. The predicted molar refractivity (Wildman–Crippen MR) is 123 cm³/mol. The lowest BCUT2D eigenvalue weighted by atomic mass is 9.70. The Morgan fingerprint density at radius 3 is 2.76 bits per heavy atom. The number of esters is 1. The van der Waals surface area contributed by atoms with Gasteiger partial charge < -0.3 is 24.4 Å². The number of aliphatic hydroxyl groups is 1. The number of hydrogen-bond acceptors (Lipinski definition) is 6. The highest BCUT2D eigenvalue weighted by Gasteiger charge is 2.75. The van der Waals surface area contributed by atoms with E-state index in [4.69, 9.17) is 14.6 Å². The van der Waals surface area contributed by atoms with E-state index in [1.807, 2.05) is 6.92 Å². The van der Waals surface area contributed by atoms with Crippen molar-refractivity contribution in [2.75, 3.05) is 26.3 Å². The Kier molecular flexibility index (Phi) is 8.56. The molecule has 0 aromatic carbocycles. The molecule has 0 saturated carbocycles. The van der Waals surface area contributed by atoms with Crippen LogP contribution in [0.15, 0.2) is 12.7 Å². The monoisotopic (exact) mass is 464 g/mol. The number of fused-ring (bicyclic) bond motifs is 1. The molecule has 2 bridgehead atoms. The number of amides is 2. The van der Waals surface area contributed by atoms with Gasteiger partial charge in [-0.25, -0.2) is 0 Å². The fourth-order valence-corrected chi connectivity index (χ4v) is 6.11. The van der Waals surface area contributed by atoms with Gasteiger partial charge in [0.25, 0.3) is 0 Å². The zero-order valence-corrected chi connectivity index (χ0v) is 20.3. The van der Waals surface area contributed by atoms with Crippen LogP contribution >= 0.6 is 0 Å². The van der Waals surface area contributed by atoms with Gasteiger partial charge in [-0.15, -0.1) is 6.58 Å². The standard InChI is InChI=1S/C25H40N2O6/c1-5-11-17(4)26(14-6-2)23(30)21-25-13-12-18(33-25)19(24(31)32-7-3)20(25)22(29)27(21)15-9-8-10-16-28/h6,17-21,28H,2,5,7-16H2,1,3-4H3/t17?,18-,19+,20+,21-,25+/m1/s1. The quantitative estimate of drug-likeness (QED) is 0.255. The Hall–Kier alpha value is -1.93. The first kappa shape index (κ1) is 25.7. The summed E-state index contributed by atoms with van der Waals surface area (Å²) in [5, 5.41) is 9.13. The van der Waals surface area contributed by atoms with E-state index in [2.05, 4.69) is 13.5 Å². The van der Waals surface area contributed by atoms with Gasteiger partial charge in [-0.2, -0.15) is 0 Å². The van der Waals surface area contributed by atoms with Crippen LogP contribution in [0, 0.1) is 11.8 Å². The first-order valence-corrected chi connectivity index (χ1v) is 12.5. The molecule has 0 radical (unpaired) electrons. The van der Waals surface area contributed by atoms with Crippen LogP contribution in [0.25, 0.3) is 0 Å². The molecule has 8 heteroatoms. The summed E-state index contributed by atoms with van der Waals surface area (Å²) in [4.78, 5) is 44.1. The molecule has 3 aliphatic rings. The summed E-state index contributed by atoms with van der Waals surface area (Å²) >= 11 is 0. The minimum atomic E-state index is -0.988. The predicted octanol–water partition coefficient (Wildman–Crippen LogP) is 2.29. The molecule has 3 saturated heterocycles. The van der Waals surface area contributed by atoms with E-state index in [0.29, 0.717) is 38.8 Å². The van der Waals surface area contributed by atoms with Crippen LogP contribution in [-0.4, -0.2) is 82.8 Å². The topological polar surface area (TPSA) is 96.4 Å². The van der Waals surface area contributed by atoms with Crippen molar-refractivity contribution in [2.24, 2.45) is 11.8 Å². The Morgan fingerprint density at radius 1 is 1.36 bits per heavy atom. The van der Waals surface area contributed by atoms with E-state index < -0.39 is 29.4 Å². The molecule has 1 spiro atoms. The van der Waals surface area contributed by atoms with E-state index in [9.17, 15) is 14.4 Å². The Bertz CT molecular complexity index is 742. The van der Waals surface area contributed by atoms with Gasteiger partial charge in [0.15, 0.2) is 0 Å². The lowest BCUT2D eigenvalue weighted by molar-refractivity contribution is -0.155. The summed E-state index contributed by atoms with van der Waals surface area (Å²) in [5.41, 5.74) is -0.988. The lowest BCUT2D eigenvalue weighted by Gasteiger charge is -2.39. The number of likely N-dealkylation sites (tertiary alicyclic amines) is 1. The van der Waals surface area contributed by atoms with E-state index >= 15 is 0 Å². The maximum absolute atomic E-state index is 14.1. The van der Waals surface area contributed by atoms with Crippen molar-refractivity contribution < 1.29 is 29.0 Å². The van der Waals surface area contributed by atoms with E-state index in [1.165, 1.54) is 0 Å². The molecule has 1 N–H and O–H groups in total. The van der Waals surface area contributed by atoms with Crippen molar-refractivity contribution in [1.82, 2.24) is 9.80 Å². The minimum absolute atomic E-state index is 0.00162. The van der Waals surface area contributed by atoms with Gasteiger partial charge in [-0.1, -0.05) is 19.4 Å². The molecule has 3 aliphatic heterocycles. The largest absolute Gasteiger partial charge is 0.466 e. The molecule has 1 unspecified atom stereocenters. The smallest absolute Gasteiger partial charge is 0.312 e. The number of hydrogen-bond donors (Lipinski definition) is 1. The highest BCUT2D eigenvalue weighted by Crippen LogP contribution is 2.58. The third-order valence-electron chi connectivity index (χ3n) is 7.50.